The summed E-state index contributed by atoms with van der Waals surface area (Å²) in [5, 5.41) is 11.4. The van der Waals surface area contributed by atoms with Crippen LogP contribution in [0.1, 0.15) is 51.9 Å². The SMILES string of the molecule is CC(N)CCNCCCCNC(=O)NCC(=O)NCCCCCCN=C(N)N. The summed E-state index contributed by atoms with van der Waals surface area (Å²) >= 11 is 0. The molecule has 0 aliphatic heterocycles. The maximum absolute atomic E-state index is 11.7. The molecule has 0 aromatic rings. The largest absolute Gasteiger partial charge is 0.370 e. The molecule has 0 spiro atoms. The Balaban J connectivity index is 3.39. The van der Waals surface area contributed by atoms with Crippen molar-refractivity contribution >= 4 is 17.9 Å². The number of nitrogens with two attached hydrogens (primary N) is 3. The average Bonchev–Trinajstić information content (AvgIpc) is 2.63. The van der Waals surface area contributed by atoms with Gasteiger partial charge in [-0.3, -0.25) is 9.79 Å². The van der Waals surface area contributed by atoms with Crippen molar-refractivity contribution < 1.29 is 9.59 Å². The van der Waals surface area contributed by atoms with Crippen LogP contribution in [-0.4, -0.2) is 63.2 Å². The minimum Gasteiger partial charge on any atom is -0.370 e. The molecule has 0 bridgehead atoms. The highest BCUT2D eigenvalue weighted by Gasteiger charge is 2.04. The number of rotatable bonds is 17. The molecular weight excluding hydrogens is 360 g/mol. The van der Waals surface area contributed by atoms with E-state index in [4.69, 9.17) is 17.2 Å². The molecule has 1 unspecified atom stereocenters. The third-order valence-electron chi connectivity index (χ3n) is 3.95. The Morgan fingerprint density at radius 1 is 0.857 bits per heavy atom. The third kappa shape index (κ3) is 20.2. The summed E-state index contributed by atoms with van der Waals surface area (Å²) in [6, 6.07) is -0.100. The highest BCUT2D eigenvalue weighted by molar-refractivity contribution is 5.83. The van der Waals surface area contributed by atoms with Crippen molar-refractivity contribution in [1.82, 2.24) is 21.3 Å². The average molecular weight is 401 g/mol. The van der Waals surface area contributed by atoms with E-state index in [2.05, 4.69) is 26.3 Å². The number of urea groups is 1. The van der Waals surface area contributed by atoms with Gasteiger partial charge >= 0.3 is 6.03 Å². The van der Waals surface area contributed by atoms with Gasteiger partial charge in [0.15, 0.2) is 5.96 Å². The predicted molar refractivity (Wildman–Crippen MR) is 114 cm³/mol. The first-order valence-corrected chi connectivity index (χ1v) is 10.2. The molecule has 0 radical (unpaired) electrons. The van der Waals surface area contributed by atoms with E-state index in [0.29, 0.717) is 19.6 Å². The number of hydrogen-bond donors (Lipinski definition) is 7. The second-order valence-electron chi connectivity index (χ2n) is 6.90. The van der Waals surface area contributed by atoms with Crippen LogP contribution in [0.15, 0.2) is 4.99 Å². The Labute approximate surface area is 168 Å². The second-order valence-corrected chi connectivity index (χ2v) is 6.90. The number of aliphatic imine (C=N–C) groups is 1. The Bertz CT molecular complexity index is 439. The summed E-state index contributed by atoms with van der Waals surface area (Å²) in [6.07, 6.45) is 6.64. The zero-order chi connectivity index (χ0) is 21.0. The van der Waals surface area contributed by atoms with Crippen LogP contribution in [0.5, 0.6) is 0 Å². The molecule has 0 aromatic heterocycles. The molecule has 10 heteroatoms. The van der Waals surface area contributed by atoms with Gasteiger partial charge in [-0.25, -0.2) is 4.79 Å². The first-order valence-electron chi connectivity index (χ1n) is 10.2. The molecule has 10 N–H and O–H groups in total. The summed E-state index contributed by atoms with van der Waals surface area (Å²) < 4.78 is 0. The zero-order valence-electron chi connectivity index (χ0n) is 17.3. The molecule has 1 atom stereocenters. The van der Waals surface area contributed by atoms with E-state index in [9.17, 15) is 9.59 Å². The first kappa shape index (κ1) is 25.9. The number of unbranched alkanes of at least 4 members (excludes halogenated alkanes) is 4. The quantitative estimate of drug-likeness (QED) is 0.0969. The van der Waals surface area contributed by atoms with E-state index in [1.165, 1.54) is 0 Å². The van der Waals surface area contributed by atoms with Gasteiger partial charge in [0.1, 0.15) is 0 Å². The minimum atomic E-state index is -0.320. The number of carbonyl (C=O) groups excluding carboxylic acids is 2. The van der Waals surface area contributed by atoms with Gasteiger partial charge in [0.2, 0.25) is 5.91 Å². The van der Waals surface area contributed by atoms with Crippen molar-refractivity contribution in [3.05, 3.63) is 0 Å². The van der Waals surface area contributed by atoms with E-state index < -0.39 is 0 Å². The van der Waals surface area contributed by atoms with Gasteiger partial charge < -0.3 is 38.5 Å². The fourth-order valence-electron chi connectivity index (χ4n) is 2.34. The van der Waals surface area contributed by atoms with E-state index in [0.717, 1.165) is 58.0 Å². The summed E-state index contributed by atoms with van der Waals surface area (Å²) in [5.41, 5.74) is 16.2. The summed E-state index contributed by atoms with van der Waals surface area (Å²) in [7, 11) is 0. The van der Waals surface area contributed by atoms with E-state index >= 15 is 0 Å². The van der Waals surface area contributed by atoms with E-state index in [1.807, 2.05) is 6.92 Å². The summed E-state index contributed by atoms with van der Waals surface area (Å²) in [4.78, 5) is 27.2. The fraction of sp³-hybridized carbons (Fsp3) is 0.833. The lowest BCUT2D eigenvalue weighted by molar-refractivity contribution is -0.120. The number of hydrogen-bond acceptors (Lipinski definition) is 5. The van der Waals surface area contributed by atoms with Gasteiger partial charge in [0.25, 0.3) is 0 Å². The van der Waals surface area contributed by atoms with Crippen molar-refractivity contribution in [2.45, 2.75) is 57.9 Å². The Kier molecular flexibility index (Phi) is 16.9. The number of nitrogens with zero attached hydrogens (tertiary/aromatic N) is 1. The van der Waals surface area contributed by atoms with Crippen molar-refractivity contribution in [2.24, 2.45) is 22.2 Å². The predicted octanol–water partition coefficient (Wildman–Crippen LogP) is -0.657. The third-order valence-corrected chi connectivity index (χ3v) is 3.95. The van der Waals surface area contributed by atoms with Crippen LogP contribution >= 0.6 is 0 Å². The van der Waals surface area contributed by atoms with Gasteiger partial charge in [-0.15, -0.1) is 0 Å². The van der Waals surface area contributed by atoms with Crippen molar-refractivity contribution in [3.8, 4) is 0 Å². The standard InChI is InChI=1S/C18H40N8O2/c1-15(19)8-13-22-9-6-7-12-25-18(28)26-14-16(27)23-10-4-2-3-5-11-24-17(20)21/h15,22H,2-14,19H2,1H3,(H,23,27)(H4,20,21,24)(H2,25,26,28). The zero-order valence-corrected chi connectivity index (χ0v) is 17.3. The van der Waals surface area contributed by atoms with Crippen LogP contribution < -0.4 is 38.5 Å². The molecule has 164 valence electrons. The van der Waals surface area contributed by atoms with Gasteiger partial charge in [0, 0.05) is 25.7 Å². The number of amides is 3. The van der Waals surface area contributed by atoms with Gasteiger partial charge in [0.05, 0.1) is 6.54 Å². The maximum Gasteiger partial charge on any atom is 0.315 e. The maximum atomic E-state index is 11.7. The van der Waals surface area contributed by atoms with Gasteiger partial charge in [-0.2, -0.15) is 0 Å². The lowest BCUT2D eigenvalue weighted by atomic mass is 10.2. The molecule has 10 nitrogen and oxygen atoms in total. The molecule has 0 rings (SSSR count). The van der Waals surface area contributed by atoms with Crippen molar-refractivity contribution in [3.63, 3.8) is 0 Å². The first-order chi connectivity index (χ1) is 13.4. The summed E-state index contributed by atoms with van der Waals surface area (Å²) in [6.45, 7) is 5.62. The topological polar surface area (TPSA) is 173 Å². The molecule has 0 saturated heterocycles. The van der Waals surface area contributed by atoms with E-state index in [-0.39, 0.29) is 30.5 Å². The molecule has 0 heterocycles. The van der Waals surface area contributed by atoms with Crippen LogP contribution in [0.3, 0.4) is 0 Å². The highest BCUT2D eigenvalue weighted by Crippen LogP contribution is 1.98. The number of carbonyl (C=O) groups is 2. The summed E-state index contributed by atoms with van der Waals surface area (Å²) in [5.74, 6) is -0.0668. The van der Waals surface area contributed by atoms with Crippen LogP contribution in [-0.2, 0) is 4.79 Å². The number of guanidine groups is 1. The molecule has 0 aliphatic carbocycles. The van der Waals surface area contributed by atoms with Crippen LogP contribution in [0.2, 0.25) is 0 Å². The van der Waals surface area contributed by atoms with Crippen LogP contribution in [0.4, 0.5) is 4.79 Å². The Morgan fingerprint density at radius 3 is 2.21 bits per heavy atom. The Hall–Kier alpha value is -2.07. The molecule has 0 aromatic carbocycles. The Morgan fingerprint density at radius 2 is 1.50 bits per heavy atom. The number of nitrogens with one attached hydrogen (secondary N) is 4. The van der Waals surface area contributed by atoms with Gasteiger partial charge in [-0.1, -0.05) is 12.8 Å². The molecule has 28 heavy (non-hydrogen) atoms. The normalized spacial score (nSPS) is 11.5. The monoisotopic (exact) mass is 400 g/mol. The van der Waals surface area contributed by atoms with Crippen LogP contribution in [0, 0.1) is 0 Å². The lowest BCUT2D eigenvalue weighted by Crippen LogP contribution is -2.42. The molecule has 0 saturated carbocycles. The molecule has 0 fully saturated rings. The minimum absolute atomic E-state index is 0.0187. The fourth-order valence-corrected chi connectivity index (χ4v) is 2.34. The molecular formula is C18H40N8O2. The van der Waals surface area contributed by atoms with Crippen molar-refractivity contribution in [1.29, 1.82) is 0 Å². The highest BCUT2D eigenvalue weighted by atomic mass is 16.2. The second kappa shape index (κ2) is 18.3. The van der Waals surface area contributed by atoms with Crippen molar-refractivity contribution in [2.75, 3.05) is 39.3 Å². The molecule has 3 amide bonds. The smallest absolute Gasteiger partial charge is 0.315 e. The van der Waals surface area contributed by atoms with E-state index in [1.54, 1.807) is 0 Å². The lowest BCUT2D eigenvalue weighted by Gasteiger charge is -2.09. The van der Waals surface area contributed by atoms with Gasteiger partial charge in [-0.05, 0) is 52.1 Å². The van der Waals surface area contributed by atoms with Crippen LogP contribution in [0.25, 0.3) is 0 Å². The molecule has 0 aliphatic rings.